The third-order valence-electron chi connectivity index (χ3n) is 6.14. The van der Waals surface area contributed by atoms with Gasteiger partial charge in [0.25, 0.3) is 0 Å². The van der Waals surface area contributed by atoms with Gasteiger partial charge in [-0.05, 0) is 62.9 Å². The van der Waals surface area contributed by atoms with E-state index in [1.54, 1.807) is 12.3 Å². The van der Waals surface area contributed by atoms with Crippen molar-refractivity contribution in [2.75, 3.05) is 5.32 Å². The summed E-state index contributed by atoms with van der Waals surface area (Å²) in [6, 6.07) is 17.7. The predicted octanol–water partition coefficient (Wildman–Crippen LogP) is 6.02. The quantitative estimate of drug-likeness (QED) is 0.362. The number of aromatic nitrogens is 3. The lowest BCUT2D eigenvalue weighted by Gasteiger charge is -2.30. The fourth-order valence-corrected chi connectivity index (χ4v) is 4.38. The Morgan fingerprint density at radius 1 is 1.17 bits per heavy atom. The smallest absolute Gasteiger partial charge is 0.319 e. The number of hydrogen-bond acceptors (Lipinski definition) is 5. The van der Waals surface area contributed by atoms with Crippen molar-refractivity contribution in [3.8, 4) is 29.0 Å². The van der Waals surface area contributed by atoms with Crippen molar-refractivity contribution >= 4 is 22.6 Å². The highest BCUT2D eigenvalue weighted by atomic mass is 16.5. The molecule has 2 heterocycles. The van der Waals surface area contributed by atoms with Crippen LogP contribution >= 0.6 is 0 Å². The van der Waals surface area contributed by atoms with E-state index in [1.165, 1.54) is 6.33 Å². The standard InChI is InChI=1S/C27H26N6O2/c1-17(2)31-27(34)32-19-8-6-18(7-9-19)26-23(15-28)22-11-10-21(35-25-12-13-29-16-30-25)14-24(22)33(26)20-4-3-5-20/h6-14,16-17,20H,3-5H2,1-2H3,(H2,31,32,34). The highest BCUT2D eigenvalue weighted by molar-refractivity contribution is 5.96. The van der Waals surface area contributed by atoms with Crippen LogP contribution in [0.3, 0.4) is 0 Å². The molecule has 1 aliphatic rings. The number of carbonyl (C=O) groups is 1. The maximum absolute atomic E-state index is 12.1. The first-order valence-electron chi connectivity index (χ1n) is 11.7. The number of nitriles is 1. The Morgan fingerprint density at radius 2 is 1.97 bits per heavy atom. The van der Waals surface area contributed by atoms with Crippen molar-refractivity contribution in [3.05, 3.63) is 66.6 Å². The highest BCUT2D eigenvalue weighted by Crippen LogP contribution is 2.43. The molecule has 4 aromatic rings. The third-order valence-corrected chi connectivity index (χ3v) is 6.14. The van der Waals surface area contributed by atoms with E-state index in [2.05, 4.69) is 31.2 Å². The van der Waals surface area contributed by atoms with Gasteiger partial charge in [-0.2, -0.15) is 5.26 Å². The first-order chi connectivity index (χ1) is 17.0. The van der Waals surface area contributed by atoms with Crippen molar-refractivity contribution in [2.45, 2.75) is 45.2 Å². The summed E-state index contributed by atoms with van der Waals surface area (Å²) in [7, 11) is 0. The van der Waals surface area contributed by atoms with Crippen LogP contribution in [0.25, 0.3) is 22.2 Å². The topological polar surface area (TPSA) is 105 Å². The lowest BCUT2D eigenvalue weighted by molar-refractivity contribution is 0.250. The minimum absolute atomic E-state index is 0.0499. The molecule has 0 atom stereocenters. The molecule has 0 radical (unpaired) electrons. The second-order valence-corrected chi connectivity index (χ2v) is 8.95. The zero-order chi connectivity index (χ0) is 24.4. The number of benzene rings is 2. The molecular formula is C27H26N6O2. The van der Waals surface area contributed by atoms with Crippen LogP contribution < -0.4 is 15.4 Å². The van der Waals surface area contributed by atoms with Gasteiger partial charge in [-0.15, -0.1) is 0 Å². The molecule has 8 nitrogen and oxygen atoms in total. The number of carbonyl (C=O) groups excluding carboxylic acids is 1. The fourth-order valence-electron chi connectivity index (χ4n) is 4.38. The van der Waals surface area contributed by atoms with E-state index in [4.69, 9.17) is 4.74 Å². The summed E-state index contributed by atoms with van der Waals surface area (Å²) in [5.41, 5.74) is 4.12. The maximum Gasteiger partial charge on any atom is 0.319 e. The Hall–Kier alpha value is -4.38. The van der Waals surface area contributed by atoms with Gasteiger partial charge in [0, 0.05) is 41.5 Å². The average molecular weight is 467 g/mol. The number of rotatable bonds is 6. The SMILES string of the molecule is CC(C)NC(=O)Nc1ccc(-c2c(C#N)c3ccc(Oc4ccncn4)cc3n2C2CCC2)cc1. The number of fused-ring (bicyclic) bond motifs is 1. The lowest BCUT2D eigenvalue weighted by atomic mass is 9.92. The minimum atomic E-state index is -0.245. The molecule has 1 fully saturated rings. The highest BCUT2D eigenvalue weighted by Gasteiger charge is 2.28. The van der Waals surface area contributed by atoms with Crippen LogP contribution in [0.5, 0.6) is 11.6 Å². The molecule has 2 aromatic carbocycles. The van der Waals surface area contributed by atoms with E-state index < -0.39 is 0 Å². The summed E-state index contributed by atoms with van der Waals surface area (Å²) < 4.78 is 8.22. The van der Waals surface area contributed by atoms with Gasteiger partial charge in [0.05, 0.1) is 16.8 Å². The first-order valence-corrected chi connectivity index (χ1v) is 11.7. The van der Waals surface area contributed by atoms with E-state index in [-0.39, 0.29) is 12.1 Å². The summed E-state index contributed by atoms with van der Waals surface area (Å²) in [5.74, 6) is 1.12. The monoisotopic (exact) mass is 466 g/mol. The summed E-state index contributed by atoms with van der Waals surface area (Å²) in [6.07, 6.45) is 6.37. The van der Waals surface area contributed by atoms with Gasteiger partial charge in [-0.1, -0.05) is 12.1 Å². The molecule has 5 rings (SSSR count). The van der Waals surface area contributed by atoms with Crippen molar-refractivity contribution in [3.63, 3.8) is 0 Å². The first kappa shape index (κ1) is 22.4. The van der Waals surface area contributed by atoms with E-state index in [1.807, 2.05) is 56.3 Å². The predicted molar refractivity (Wildman–Crippen MR) is 134 cm³/mol. The van der Waals surface area contributed by atoms with Crippen molar-refractivity contribution in [2.24, 2.45) is 0 Å². The Bertz CT molecular complexity index is 1400. The number of nitrogens with zero attached hydrogens (tertiary/aromatic N) is 4. The molecule has 0 saturated heterocycles. The van der Waals surface area contributed by atoms with Gasteiger partial charge < -0.3 is 19.9 Å². The zero-order valence-electron chi connectivity index (χ0n) is 19.7. The van der Waals surface area contributed by atoms with Gasteiger partial charge in [-0.25, -0.2) is 14.8 Å². The number of amides is 2. The molecule has 0 spiro atoms. The molecule has 2 aromatic heterocycles. The Balaban J connectivity index is 1.55. The molecular weight excluding hydrogens is 440 g/mol. The van der Waals surface area contributed by atoms with Crippen molar-refractivity contribution in [1.82, 2.24) is 19.9 Å². The Labute approximate surface area is 203 Å². The lowest BCUT2D eigenvalue weighted by Crippen LogP contribution is -2.34. The van der Waals surface area contributed by atoms with Crippen molar-refractivity contribution < 1.29 is 9.53 Å². The van der Waals surface area contributed by atoms with E-state index in [0.29, 0.717) is 28.9 Å². The number of nitrogens with one attached hydrogen (secondary N) is 2. The van der Waals surface area contributed by atoms with E-state index >= 15 is 0 Å². The van der Waals surface area contributed by atoms with Crippen LogP contribution in [0.2, 0.25) is 0 Å². The van der Waals surface area contributed by atoms with Crippen LogP contribution in [-0.4, -0.2) is 26.6 Å². The van der Waals surface area contributed by atoms with Crippen molar-refractivity contribution in [1.29, 1.82) is 5.26 Å². The second-order valence-electron chi connectivity index (χ2n) is 8.95. The van der Waals surface area contributed by atoms with Crippen LogP contribution in [0.1, 0.15) is 44.7 Å². The molecule has 176 valence electrons. The molecule has 1 aliphatic carbocycles. The van der Waals surface area contributed by atoms with Gasteiger partial charge in [-0.3, -0.25) is 0 Å². The van der Waals surface area contributed by atoms with Crippen LogP contribution in [-0.2, 0) is 0 Å². The van der Waals surface area contributed by atoms with Gasteiger partial charge in [0.2, 0.25) is 5.88 Å². The third kappa shape index (κ3) is 4.53. The van der Waals surface area contributed by atoms with Crippen LogP contribution in [0.15, 0.2) is 61.1 Å². The van der Waals surface area contributed by atoms with Gasteiger partial charge in [0.1, 0.15) is 18.1 Å². The number of urea groups is 1. The summed E-state index contributed by atoms with van der Waals surface area (Å²) in [5, 5.41) is 16.7. The van der Waals surface area contributed by atoms with E-state index in [0.717, 1.165) is 41.4 Å². The molecule has 2 amide bonds. The molecule has 1 saturated carbocycles. The number of anilines is 1. The Morgan fingerprint density at radius 3 is 2.60 bits per heavy atom. The minimum Gasteiger partial charge on any atom is -0.439 e. The molecule has 2 N–H and O–H groups in total. The van der Waals surface area contributed by atoms with E-state index in [9.17, 15) is 10.1 Å². The van der Waals surface area contributed by atoms with Crippen LogP contribution in [0.4, 0.5) is 10.5 Å². The molecule has 0 unspecified atom stereocenters. The number of ether oxygens (including phenoxy) is 1. The fraction of sp³-hybridized carbons (Fsp3) is 0.259. The summed E-state index contributed by atoms with van der Waals surface area (Å²) >= 11 is 0. The second kappa shape index (κ2) is 9.47. The Kier molecular flexibility index (Phi) is 6.06. The summed E-state index contributed by atoms with van der Waals surface area (Å²) in [6.45, 7) is 3.82. The molecule has 0 bridgehead atoms. The van der Waals surface area contributed by atoms with Crippen LogP contribution in [0, 0.1) is 11.3 Å². The number of hydrogen-bond donors (Lipinski definition) is 2. The van der Waals surface area contributed by atoms with Gasteiger partial charge in [0.15, 0.2) is 0 Å². The molecule has 8 heteroatoms. The average Bonchev–Trinajstić information content (AvgIpc) is 3.12. The maximum atomic E-state index is 12.1. The molecule has 35 heavy (non-hydrogen) atoms. The zero-order valence-corrected chi connectivity index (χ0v) is 19.7. The normalized spacial score (nSPS) is 13.3. The van der Waals surface area contributed by atoms with Gasteiger partial charge >= 0.3 is 6.03 Å². The molecule has 0 aliphatic heterocycles. The summed E-state index contributed by atoms with van der Waals surface area (Å²) in [4.78, 5) is 20.1. The largest absolute Gasteiger partial charge is 0.439 e.